The second kappa shape index (κ2) is 6.98. The van der Waals surface area contributed by atoms with E-state index >= 15 is 0 Å². The molecule has 0 amide bonds. The van der Waals surface area contributed by atoms with Crippen LogP contribution in [0.1, 0.15) is 63.9 Å². The number of hydrogen-bond acceptors (Lipinski definition) is 4. The molecule has 1 aliphatic rings. The largest absolute Gasteiger partial charge is 0.458 e. The number of H-pyrrole nitrogens is 1. The third kappa shape index (κ3) is 3.39. The lowest BCUT2D eigenvalue weighted by Gasteiger charge is -2.23. The van der Waals surface area contributed by atoms with Crippen LogP contribution < -0.4 is 4.90 Å². The monoisotopic (exact) mass is 354 g/mol. The molecule has 26 heavy (non-hydrogen) atoms. The van der Waals surface area contributed by atoms with Crippen molar-refractivity contribution in [2.24, 2.45) is 0 Å². The molecule has 2 aromatic rings. The molecule has 1 aromatic heterocycles. The van der Waals surface area contributed by atoms with Crippen molar-refractivity contribution in [2.75, 3.05) is 19.0 Å². The smallest absolute Gasteiger partial charge is 0.355 e. The summed E-state index contributed by atoms with van der Waals surface area (Å²) < 4.78 is 5.29. The summed E-state index contributed by atoms with van der Waals surface area (Å²) >= 11 is 0. The molecule has 0 aliphatic heterocycles. The second-order valence-corrected chi connectivity index (χ2v) is 7.45. The average molecular weight is 354 g/mol. The van der Waals surface area contributed by atoms with Crippen molar-refractivity contribution in [3.05, 3.63) is 52.3 Å². The Balaban J connectivity index is 1.88. The van der Waals surface area contributed by atoms with Gasteiger partial charge in [0, 0.05) is 37.5 Å². The Morgan fingerprint density at radius 1 is 1.19 bits per heavy atom. The molecule has 0 saturated carbocycles. The van der Waals surface area contributed by atoms with Crippen molar-refractivity contribution >= 4 is 17.4 Å². The molecule has 0 saturated heterocycles. The number of nitrogens with zero attached hydrogens (tertiary/aromatic N) is 1. The molecule has 0 unspecified atom stereocenters. The fourth-order valence-electron chi connectivity index (χ4n) is 3.59. The third-order valence-corrected chi connectivity index (χ3v) is 4.92. The van der Waals surface area contributed by atoms with E-state index in [-0.39, 0.29) is 17.8 Å². The predicted molar refractivity (Wildman–Crippen MR) is 102 cm³/mol. The van der Waals surface area contributed by atoms with Gasteiger partial charge in [0.05, 0.1) is 6.10 Å². The number of aromatic nitrogens is 1. The molecule has 138 valence electrons. The van der Waals surface area contributed by atoms with Gasteiger partial charge in [-0.1, -0.05) is 12.1 Å². The van der Waals surface area contributed by atoms with Crippen LogP contribution in [-0.4, -0.2) is 36.9 Å². The number of benzene rings is 1. The lowest BCUT2D eigenvalue weighted by atomic mass is 9.81. The van der Waals surface area contributed by atoms with E-state index in [0.717, 1.165) is 23.4 Å². The van der Waals surface area contributed by atoms with Gasteiger partial charge in [-0.15, -0.1) is 0 Å². The summed E-state index contributed by atoms with van der Waals surface area (Å²) in [5.74, 6) is -0.185. The first-order valence-electron chi connectivity index (χ1n) is 9.00. The van der Waals surface area contributed by atoms with Gasteiger partial charge >= 0.3 is 5.97 Å². The highest BCUT2D eigenvalue weighted by Crippen LogP contribution is 2.35. The Morgan fingerprint density at radius 2 is 1.85 bits per heavy atom. The van der Waals surface area contributed by atoms with Crippen LogP contribution in [0, 0.1) is 6.92 Å². The maximum Gasteiger partial charge on any atom is 0.355 e. The van der Waals surface area contributed by atoms with E-state index in [1.54, 1.807) is 0 Å². The highest BCUT2D eigenvalue weighted by atomic mass is 16.5. The van der Waals surface area contributed by atoms with Gasteiger partial charge in [0.2, 0.25) is 0 Å². The third-order valence-electron chi connectivity index (χ3n) is 4.92. The number of carbonyl (C=O) groups excluding carboxylic acids is 2. The van der Waals surface area contributed by atoms with Crippen molar-refractivity contribution in [3.63, 3.8) is 0 Å². The summed E-state index contributed by atoms with van der Waals surface area (Å²) in [6, 6.07) is 8.31. The van der Waals surface area contributed by atoms with Crippen LogP contribution in [0.2, 0.25) is 0 Å². The zero-order chi connectivity index (χ0) is 19.0. The first-order valence-corrected chi connectivity index (χ1v) is 9.00. The Kier molecular flexibility index (Phi) is 4.90. The SMILES string of the molecule is Cc1c(C(=O)OC(C)C)[nH]c2c1C(=O)C[C@H](c1ccc(N(C)C)cc1)C2. The number of Topliss-reactive ketones (excluding diaryl/α,β-unsaturated/α-hetero) is 1. The maximum atomic E-state index is 12.7. The van der Waals surface area contributed by atoms with E-state index in [4.69, 9.17) is 4.74 Å². The molecule has 1 heterocycles. The van der Waals surface area contributed by atoms with Crippen LogP contribution in [-0.2, 0) is 11.2 Å². The quantitative estimate of drug-likeness (QED) is 0.847. The zero-order valence-electron chi connectivity index (χ0n) is 16.1. The molecular formula is C21H26N2O3. The van der Waals surface area contributed by atoms with E-state index in [0.29, 0.717) is 23.2 Å². The minimum absolute atomic E-state index is 0.0882. The lowest BCUT2D eigenvalue weighted by Crippen LogP contribution is -2.18. The number of ether oxygens (including phenoxy) is 1. The number of ketones is 1. The van der Waals surface area contributed by atoms with Gasteiger partial charge in [-0.05, 0) is 56.4 Å². The molecule has 1 atom stereocenters. The molecule has 5 heteroatoms. The molecular weight excluding hydrogens is 328 g/mol. The predicted octanol–water partition coefficient (Wildman–Crippen LogP) is 3.87. The summed E-state index contributed by atoms with van der Waals surface area (Å²) in [6.07, 6.45) is 0.991. The van der Waals surface area contributed by atoms with Crippen LogP contribution in [0.3, 0.4) is 0 Å². The number of anilines is 1. The average Bonchev–Trinajstić information content (AvgIpc) is 2.91. The van der Waals surface area contributed by atoms with E-state index in [9.17, 15) is 9.59 Å². The van der Waals surface area contributed by atoms with Crippen LogP contribution in [0.5, 0.6) is 0 Å². The molecule has 1 aliphatic carbocycles. The number of rotatable bonds is 4. The fraction of sp³-hybridized carbons (Fsp3) is 0.429. The van der Waals surface area contributed by atoms with Crippen LogP contribution >= 0.6 is 0 Å². The topological polar surface area (TPSA) is 62.4 Å². The Bertz CT molecular complexity index is 832. The van der Waals surface area contributed by atoms with Crippen molar-refractivity contribution in [3.8, 4) is 0 Å². The number of nitrogens with one attached hydrogen (secondary N) is 1. The molecule has 0 spiro atoms. The van der Waals surface area contributed by atoms with E-state index in [1.165, 1.54) is 0 Å². The van der Waals surface area contributed by atoms with E-state index in [2.05, 4.69) is 34.1 Å². The van der Waals surface area contributed by atoms with Gasteiger partial charge in [-0.3, -0.25) is 4.79 Å². The second-order valence-electron chi connectivity index (χ2n) is 7.45. The van der Waals surface area contributed by atoms with Gasteiger partial charge in [-0.2, -0.15) is 0 Å². The van der Waals surface area contributed by atoms with Gasteiger partial charge in [-0.25, -0.2) is 4.79 Å². The zero-order valence-corrected chi connectivity index (χ0v) is 16.1. The van der Waals surface area contributed by atoms with Crippen molar-refractivity contribution in [2.45, 2.75) is 45.6 Å². The number of fused-ring (bicyclic) bond motifs is 1. The minimum atomic E-state index is -0.397. The highest BCUT2D eigenvalue weighted by Gasteiger charge is 2.32. The van der Waals surface area contributed by atoms with E-state index < -0.39 is 5.97 Å². The molecule has 1 aromatic carbocycles. The number of hydrogen-bond donors (Lipinski definition) is 1. The van der Waals surface area contributed by atoms with Crippen LogP contribution in [0.25, 0.3) is 0 Å². The summed E-state index contributed by atoms with van der Waals surface area (Å²) in [7, 11) is 4.01. The molecule has 0 bridgehead atoms. The maximum absolute atomic E-state index is 12.7. The fourth-order valence-corrected chi connectivity index (χ4v) is 3.59. The summed E-state index contributed by atoms with van der Waals surface area (Å²) in [6.45, 7) is 5.44. The van der Waals surface area contributed by atoms with Gasteiger partial charge in [0.25, 0.3) is 0 Å². The molecule has 5 nitrogen and oxygen atoms in total. The van der Waals surface area contributed by atoms with Crippen molar-refractivity contribution in [1.82, 2.24) is 4.98 Å². The van der Waals surface area contributed by atoms with Crippen LogP contribution in [0.15, 0.2) is 24.3 Å². The van der Waals surface area contributed by atoms with Crippen LogP contribution in [0.4, 0.5) is 5.69 Å². The van der Waals surface area contributed by atoms with E-state index in [1.807, 2.05) is 34.9 Å². The van der Waals surface area contributed by atoms with Gasteiger partial charge in [0.15, 0.2) is 5.78 Å². The molecule has 3 rings (SSSR count). The normalized spacial score (nSPS) is 16.5. The first kappa shape index (κ1) is 18.2. The Hall–Kier alpha value is -2.56. The standard InChI is InChI=1S/C21H26N2O3/c1-12(2)26-21(25)20-13(3)19-17(22-20)10-15(11-18(19)24)14-6-8-16(9-7-14)23(4)5/h6-9,12,15,22H,10-11H2,1-5H3/t15-/m1/s1. The Morgan fingerprint density at radius 3 is 2.42 bits per heavy atom. The highest BCUT2D eigenvalue weighted by molar-refractivity contribution is 6.03. The van der Waals surface area contributed by atoms with Crippen molar-refractivity contribution < 1.29 is 14.3 Å². The van der Waals surface area contributed by atoms with Crippen molar-refractivity contribution in [1.29, 1.82) is 0 Å². The number of carbonyl (C=O) groups is 2. The minimum Gasteiger partial charge on any atom is -0.458 e. The Labute approximate surface area is 154 Å². The van der Waals surface area contributed by atoms with Gasteiger partial charge < -0.3 is 14.6 Å². The van der Waals surface area contributed by atoms with Gasteiger partial charge in [0.1, 0.15) is 5.69 Å². The summed E-state index contributed by atoms with van der Waals surface area (Å²) in [5, 5.41) is 0. The summed E-state index contributed by atoms with van der Waals surface area (Å²) in [5.41, 5.74) is 4.90. The molecule has 0 fully saturated rings. The molecule has 1 N–H and O–H groups in total. The molecule has 0 radical (unpaired) electrons. The summed E-state index contributed by atoms with van der Waals surface area (Å²) in [4.78, 5) is 30.2. The number of aromatic amines is 1. The number of esters is 1. The first-order chi connectivity index (χ1) is 12.3. The lowest BCUT2D eigenvalue weighted by molar-refractivity contribution is 0.0370.